The molecular weight excluding hydrogens is 340 g/mol. The molecule has 7 nitrogen and oxygen atoms in total. The van der Waals surface area contributed by atoms with Crippen LogP contribution in [0.15, 0.2) is 47.8 Å². The standard InChI is InChI=1S/C19H22O7/c1-9-4-6-19(24)10(2)8-13(25-18(23)12(21)5-7-20)14-11(3)17(22)26-16(14)15(9)19/h4-5,13-16,20-21,24H,2-3,6-8H2,1H3/b12-5-/t13-,14-,15-,16+,19-/m1/s1. The van der Waals surface area contributed by atoms with E-state index in [-0.39, 0.29) is 12.0 Å². The van der Waals surface area contributed by atoms with Crippen LogP contribution in [0.25, 0.3) is 0 Å². The molecule has 2 aliphatic carbocycles. The highest BCUT2D eigenvalue weighted by atomic mass is 16.6. The minimum absolute atomic E-state index is 0.100. The molecule has 1 saturated heterocycles. The third-order valence-electron chi connectivity index (χ3n) is 5.54. The molecule has 5 atom stereocenters. The van der Waals surface area contributed by atoms with Crippen molar-refractivity contribution >= 4 is 11.9 Å². The van der Waals surface area contributed by atoms with Gasteiger partial charge in [0.1, 0.15) is 12.2 Å². The first-order chi connectivity index (χ1) is 12.2. The molecule has 2 fully saturated rings. The van der Waals surface area contributed by atoms with Gasteiger partial charge in [-0.25, -0.2) is 9.59 Å². The molecule has 1 aliphatic heterocycles. The van der Waals surface area contributed by atoms with Gasteiger partial charge in [-0.2, -0.15) is 0 Å². The molecule has 3 rings (SSSR count). The van der Waals surface area contributed by atoms with Gasteiger partial charge in [0.2, 0.25) is 0 Å². The summed E-state index contributed by atoms with van der Waals surface area (Å²) in [6, 6.07) is 0. The lowest BCUT2D eigenvalue weighted by molar-refractivity contribution is -0.151. The Kier molecular flexibility index (Phi) is 4.54. The Hall–Kier alpha value is -2.38. The number of hydrogen-bond donors (Lipinski definition) is 3. The first-order valence-corrected chi connectivity index (χ1v) is 8.38. The largest absolute Gasteiger partial charge is 0.502 e. The van der Waals surface area contributed by atoms with Crippen LogP contribution in [0.4, 0.5) is 0 Å². The minimum atomic E-state index is -1.29. The fourth-order valence-corrected chi connectivity index (χ4v) is 4.19. The van der Waals surface area contributed by atoms with E-state index in [9.17, 15) is 19.8 Å². The van der Waals surface area contributed by atoms with Gasteiger partial charge in [0, 0.05) is 12.0 Å². The van der Waals surface area contributed by atoms with Gasteiger partial charge >= 0.3 is 11.9 Å². The second kappa shape index (κ2) is 6.41. The molecule has 0 unspecified atom stereocenters. The van der Waals surface area contributed by atoms with Gasteiger partial charge in [0.25, 0.3) is 0 Å². The molecule has 0 aromatic heterocycles. The molecule has 140 valence electrons. The predicted molar refractivity (Wildman–Crippen MR) is 90.8 cm³/mol. The van der Waals surface area contributed by atoms with Crippen LogP contribution in [0.2, 0.25) is 0 Å². The van der Waals surface area contributed by atoms with Gasteiger partial charge in [-0.3, -0.25) is 0 Å². The van der Waals surface area contributed by atoms with Crippen molar-refractivity contribution in [3.8, 4) is 0 Å². The van der Waals surface area contributed by atoms with Crippen LogP contribution in [0.1, 0.15) is 19.8 Å². The third kappa shape index (κ3) is 2.68. The van der Waals surface area contributed by atoms with E-state index in [0.717, 1.165) is 11.6 Å². The number of carbonyl (C=O) groups excluding carboxylic acids is 2. The van der Waals surface area contributed by atoms with Crippen LogP contribution in [0.5, 0.6) is 0 Å². The van der Waals surface area contributed by atoms with Crippen molar-refractivity contribution in [1.82, 2.24) is 0 Å². The molecular formula is C19H22O7. The Balaban J connectivity index is 1.99. The van der Waals surface area contributed by atoms with Crippen LogP contribution >= 0.6 is 0 Å². The second-order valence-electron chi connectivity index (χ2n) is 7.00. The predicted octanol–water partition coefficient (Wildman–Crippen LogP) is 1.09. The summed E-state index contributed by atoms with van der Waals surface area (Å²) in [6.07, 6.45) is 1.63. The maximum atomic E-state index is 12.1. The van der Waals surface area contributed by atoms with Crippen LogP contribution in [0, 0.1) is 11.8 Å². The number of ether oxygens (including phenoxy) is 2. The maximum absolute atomic E-state index is 12.1. The third-order valence-corrected chi connectivity index (χ3v) is 5.54. The van der Waals surface area contributed by atoms with Crippen molar-refractivity contribution in [2.75, 3.05) is 6.61 Å². The van der Waals surface area contributed by atoms with Crippen molar-refractivity contribution in [3.63, 3.8) is 0 Å². The smallest absolute Gasteiger partial charge is 0.373 e. The van der Waals surface area contributed by atoms with Crippen molar-refractivity contribution in [2.45, 2.75) is 37.6 Å². The summed E-state index contributed by atoms with van der Waals surface area (Å²) in [5, 5.41) is 29.6. The number of rotatable bonds is 3. The van der Waals surface area contributed by atoms with E-state index in [4.69, 9.17) is 14.6 Å². The zero-order valence-corrected chi connectivity index (χ0v) is 14.5. The maximum Gasteiger partial charge on any atom is 0.373 e. The summed E-state index contributed by atoms with van der Waals surface area (Å²) in [6.45, 7) is 9.07. The molecule has 0 spiro atoms. The molecule has 0 bridgehead atoms. The quantitative estimate of drug-likeness (QED) is 0.298. The van der Waals surface area contributed by atoms with Gasteiger partial charge in [0.05, 0.1) is 24.0 Å². The lowest BCUT2D eigenvalue weighted by Crippen LogP contribution is -2.43. The van der Waals surface area contributed by atoms with Gasteiger partial charge in [-0.1, -0.05) is 24.8 Å². The molecule has 7 heteroatoms. The lowest BCUT2D eigenvalue weighted by atomic mass is 9.77. The zero-order chi connectivity index (χ0) is 19.2. The first kappa shape index (κ1) is 18.4. The summed E-state index contributed by atoms with van der Waals surface area (Å²) >= 11 is 0. The van der Waals surface area contributed by atoms with E-state index in [2.05, 4.69) is 13.2 Å². The summed E-state index contributed by atoms with van der Waals surface area (Å²) in [5.41, 5.74) is 0.218. The summed E-state index contributed by atoms with van der Waals surface area (Å²) in [7, 11) is 0. The average Bonchev–Trinajstić information content (AvgIpc) is 3.01. The average molecular weight is 362 g/mol. The molecule has 0 aromatic carbocycles. The Morgan fingerprint density at radius 1 is 1.50 bits per heavy atom. The van der Waals surface area contributed by atoms with E-state index in [1.165, 1.54) is 0 Å². The Bertz CT molecular complexity index is 747. The fraction of sp³-hybridized carbons (Fsp3) is 0.474. The SMILES string of the molecule is C=C1C(=O)O[C@H]2[C@H]1[C@H](OC(=O)/C(O)=C/CO)CC(=C)[C@]1(O)CC=C(C)[C@H]21. The van der Waals surface area contributed by atoms with Crippen LogP contribution in [-0.2, 0) is 19.1 Å². The van der Waals surface area contributed by atoms with E-state index >= 15 is 0 Å². The van der Waals surface area contributed by atoms with E-state index in [1.807, 2.05) is 13.0 Å². The summed E-state index contributed by atoms with van der Waals surface area (Å²) in [4.78, 5) is 24.2. The van der Waals surface area contributed by atoms with Crippen molar-refractivity contribution < 1.29 is 34.4 Å². The molecule has 0 aromatic rings. The molecule has 0 amide bonds. The van der Waals surface area contributed by atoms with Crippen LogP contribution in [0.3, 0.4) is 0 Å². The molecule has 26 heavy (non-hydrogen) atoms. The van der Waals surface area contributed by atoms with Gasteiger partial charge < -0.3 is 24.8 Å². The minimum Gasteiger partial charge on any atom is -0.502 e. The lowest BCUT2D eigenvalue weighted by Gasteiger charge is -2.34. The molecule has 3 aliphatic rings. The zero-order valence-electron chi connectivity index (χ0n) is 14.5. The molecule has 0 radical (unpaired) electrons. The Labute approximate surface area is 150 Å². The summed E-state index contributed by atoms with van der Waals surface area (Å²) in [5.74, 6) is -3.51. The monoisotopic (exact) mass is 362 g/mol. The van der Waals surface area contributed by atoms with Gasteiger partial charge in [0.15, 0.2) is 5.76 Å². The number of aliphatic hydroxyl groups excluding tert-OH is 2. The topological polar surface area (TPSA) is 113 Å². The number of hydrogen-bond acceptors (Lipinski definition) is 7. The molecule has 1 saturated carbocycles. The number of carbonyl (C=O) groups is 2. The molecule has 1 heterocycles. The van der Waals surface area contributed by atoms with E-state index < -0.39 is 53.9 Å². The highest BCUT2D eigenvalue weighted by molar-refractivity contribution is 5.91. The summed E-state index contributed by atoms with van der Waals surface area (Å²) < 4.78 is 10.9. The number of esters is 2. The second-order valence-corrected chi connectivity index (χ2v) is 7.00. The first-order valence-electron chi connectivity index (χ1n) is 8.38. The van der Waals surface area contributed by atoms with Crippen LogP contribution in [-0.4, -0.2) is 51.7 Å². The normalized spacial score (nSPS) is 36.8. The highest BCUT2D eigenvalue weighted by Crippen LogP contribution is 2.53. The van der Waals surface area contributed by atoms with E-state index in [1.54, 1.807) is 0 Å². The van der Waals surface area contributed by atoms with Gasteiger partial charge in [-0.05, 0) is 25.0 Å². The number of aliphatic hydroxyl groups is 3. The van der Waals surface area contributed by atoms with Crippen molar-refractivity contribution in [2.24, 2.45) is 11.8 Å². The van der Waals surface area contributed by atoms with E-state index in [0.29, 0.717) is 12.0 Å². The van der Waals surface area contributed by atoms with Crippen molar-refractivity contribution in [1.29, 1.82) is 0 Å². The Morgan fingerprint density at radius 2 is 2.19 bits per heavy atom. The molecule has 3 N–H and O–H groups in total. The highest BCUT2D eigenvalue weighted by Gasteiger charge is 2.59. The van der Waals surface area contributed by atoms with Crippen molar-refractivity contribution in [3.05, 3.63) is 47.8 Å². The number of fused-ring (bicyclic) bond motifs is 3. The fourth-order valence-electron chi connectivity index (χ4n) is 4.19. The van der Waals surface area contributed by atoms with Gasteiger partial charge in [-0.15, -0.1) is 0 Å². The Morgan fingerprint density at radius 3 is 2.85 bits per heavy atom. The van der Waals surface area contributed by atoms with Crippen LogP contribution < -0.4 is 0 Å².